The van der Waals surface area contributed by atoms with E-state index in [0.29, 0.717) is 30.4 Å². The predicted molar refractivity (Wildman–Crippen MR) is 158 cm³/mol. The first-order chi connectivity index (χ1) is 19.9. The first kappa shape index (κ1) is 31.4. The molecule has 2 bridgehead atoms. The van der Waals surface area contributed by atoms with Crippen LogP contribution in [0.3, 0.4) is 0 Å². The number of carbonyl (C=O) groups is 1. The number of allylic oxidation sites excluding steroid dienone is 5. The first-order valence-electron chi connectivity index (χ1n) is 15.5. The Morgan fingerprint density at radius 1 is 1.12 bits per heavy atom. The molecule has 1 aliphatic carbocycles. The lowest BCUT2D eigenvalue weighted by atomic mass is 9.71. The van der Waals surface area contributed by atoms with E-state index < -0.39 is 47.7 Å². The highest BCUT2D eigenvalue weighted by molar-refractivity contribution is 5.78. The van der Waals surface area contributed by atoms with Crippen molar-refractivity contribution in [3.05, 3.63) is 58.7 Å². The first-order valence-corrected chi connectivity index (χ1v) is 15.5. The van der Waals surface area contributed by atoms with Gasteiger partial charge in [0.05, 0.1) is 18.8 Å². The minimum Gasteiger partial charge on any atom is -0.462 e. The van der Waals surface area contributed by atoms with E-state index >= 15 is 0 Å². The maximum Gasteiger partial charge on any atom is 0.316 e. The van der Waals surface area contributed by atoms with Gasteiger partial charge < -0.3 is 34.3 Å². The lowest BCUT2D eigenvalue weighted by molar-refractivity contribution is -0.363. The van der Waals surface area contributed by atoms with Gasteiger partial charge in [-0.2, -0.15) is 0 Å². The van der Waals surface area contributed by atoms with Crippen LogP contribution >= 0.6 is 0 Å². The zero-order chi connectivity index (χ0) is 30.4. The molecule has 5 aliphatic rings. The van der Waals surface area contributed by atoms with Crippen LogP contribution in [-0.4, -0.2) is 75.9 Å². The van der Waals surface area contributed by atoms with E-state index in [1.807, 2.05) is 26.0 Å². The zero-order valence-electron chi connectivity index (χ0n) is 25.8. The standard InChI is InChI=1S/C34H48O8/c1-7-21(4)30-23(6)15-28(35)33(42-30)17-26-16-25(41-33)12-11-20(3)13-19(2)9-8-10-24-18-39-31-29(36)22(5)14-27(32(37)40-26)34(24,31)38/h7-11,14,19,23,25-31,35-36,38H,12-13,15-18H2,1-6H3/b9-8+,20-11+,21-7+,24-10+/t19-,23-,25+,26-,27?,28+,29+,30+,31+,33-,34+/m0/s1. The molecule has 1 spiro atoms. The minimum atomic E-state index is -1.75. The molecule has 0 amide bonds. The molecule has 3 saturated heterocycles. The molecule has 8 heteroatoms. The summed E-state index contributed by atoms with van der Waals surface area (Å²) in [6.07, 6.45) is 10.0. The molecule has 232 valence electrons. The van der Waals surface area contributed by atoms with Gasteiger partial charge in [-0.05, 0) is 75.5 Å². The fraction of sp³-hybridized carbons (Fsp3) is 0.676. The molecule has 3 fully saturated rings. The lowest BCUT2D eigenvalue weighted by Gasteiger charge is -2.52. The second-order valence-electron chi connectivity index (χ2n) is 13.3. The smallest absolute Gasteiger partial charge is 0.316 e. The highest BCUT2D eigenvalue weighted by Gasteiger charge is 2.60. The van der Waals surface area contributed by atoms with Crippen LogP contribution in [0.25, 0.3) is 0 Å². The second kappa shape index (κ2) is 12.1. The summed E-state index contributed by atoms with van der Waals surface area (Å²) >= 11 is 0. The Bertz CT molecular complexity index is 1200. The van der Waals surface area contributed by atoms with Crippen molar-refractivity contribution < 1.29 is 39.1 Å². The lowest BCUT2D eigenvalue weighted by Crippen LogP contribution is -2.62. The summed E-state index contributed by atoms with van der Waals surface area (Å²) in [6, 6.07) is 0. The summed E-state index contributed by atoms with van der Waals surface area (Å²) in [7, 11) is 0. The third-order valence-corrected chi connectivity index (χ3v) is 9.92. The van der Waals surface area contributed by atoms with Crippen LogP contribution in [0.5, 0.6) is 0 Å². The van der Waals surface area contributed by atoms with Gasteiger partial charge in [0, 0.05) is 12.8 Å². The molecular weight excluding hydrogens is 536 g/mol. The van der Waals surface area contributed by atoms with Crippen molar-refractivity contribution in [1.82, 2.24) is 0 Å². The monoisotopic (exact) mass is 584 g/mol. The maximum atomic E-state index is 14.0. The fourth-order valence-corrected chi connectivity index (χ4v) is 7.43. The Balaban J connectivity index is 1.54. The number of hydrogen-bond acceptors (Lipinski definition) is 8. The second-order valence-corrected chi connectivity index (χ2v) is 13.3. The normalized spacial score (nSPS) is 48.3. The van der Waals surface area contributed by atoms with Gasteiger partial charge in [0.25, 0.3) is 0 Å². The summed E-state index contributed by atoms with van der Waals surface area (Å²) < 4.78 is 25.3. The average molecular weight is 585 g/mol. The SMILES string of the molecule is C/C=C(\C)[C@H]1O[C@@]2(C[C@@H]3C[C@@H](C/C=C(\C)C[C@@H](C)/C=C/C=C4\CO[C@@H]5[C@H](O)C(C)=CC(C(=O)O3)[C@]45O)O2)[C@H](O)C[C@@H]1C. The number of aliphatic hydroxyl groups excluding tert-OH is 2. The Labute approximate surface area is 249 Å². The molecule has 1 unspecified atom stereocenters. The highest BCUT2D eigenvalue weighted by atomic mass is 16.7. The van der Waals surface area contributed by atoms with E-state index in [-0.39, 0.29) is 37.1 Å². The number of fused-ring (bicyclic) bond motifs is 2. The molecule has 3 N–H and O–H groups in total. The van der Waals surface area contributed by atoms with Crippen molar-refractivity contribution in [3.8, 4) is 0 Å². The van der Waals surface area contributed by atoms with Crippen LogP contribution in [0.2, 0.25) is 0 Å². The molecule has 11 atom stereocenters. The topological polar surface area (TPSA) is 115 Å². The molecule has 5 rings (SSSR count). The molecule has 0 aromatic heterocycles. The van der Waals surface area contributed by atoms with E-state index in [9.17, 15) is 20.1 Å². The number of aliphatic hydroxyl groups is 3. The van der Waals surface area contributed by atoms with Crippen molar-refractivity contribution in [2.75, 3.05) is 6.61 Å². The van der Waals surface area contributed by atoms with Crippen LogP contribution in [0.4, 0.5) is 0 Å². The van der Waals surface area contributed by atoms with E-state index in [4.69, 9.17) is 18.9 Å². The summed E-state index contributed by atoms with van der Waals surface area (Å²) in [5.74, 6) is -2.65. The van der Waals surface area contributed by atoms with Gasteiger partial charge in [0.1, 0.15) is 35.9 Å². The van der Waals surface area contributed by atoms with Crippen molar-refractivity contribution >= 4 is 5.97 Å². The van der Waals surface area contributed by atoms with Gasteiger partial charge >= 0.3 is 5.97 Å². The summed E-state index contributed by atoms with van der Waals surface area (Å²) in [6.45, 7) is 12.1. The molecule has 0 aromatic carbocycles. The zero-order valence-corrected chi connectivity index (χ0v) is 25.8. The van der Waals surface area contributed by atoms with Crippen molar-refractivity contribution in [1.29, 1.82) is 0 Å². The molecule has 0 aromatic rings. The number of hydrogen-bond donors (Lipinski definition) is 3. The van der Waals surface area contributed by atoms with Gasteiger partial charge in [-0.25, -0.2) is 0 Å². The predicted octanol–water partition coefficient (Wildman–Crippen LogP) is 4.45. The van der Waals surface area contributed by atoms with Gasteiger partial charge in [-0.1, -0.05) is 55.9 Å². The van der Waals surface area contributed by atoms with Crippen LogP contribution in [0, 0.1) is 17.8 Å². The third-order valence-electron chi connectivity index (χ3n) is 9.92. The van der Waals surface area contributed by atoms with Crippen molar-refractivity contribution in [2.45, 2.75) is 122 Å². The molecule has 8 nitrogen and oxygen atoms in total. The molecule has 4 heterocycles. The number of carbonyl (C=O) groups excluding carboxylic acids is 1. The molecule has 42 heavy (non-hydrogen) atoms. The largest absolute Gasteiger partial charge is 0.462 e. The Morgan fingerprint density at radius 3 is 2.62 bits per heavy atom. The van der Waals surface area contributed by atoms with Gasteiger partial charge in [0.2, 0.25) is 0 Å². The molecule has 0 radical (unpaired) electrons. The molecular formula is C34H48O8. The number of rotatable bonds is 1. The molecule has 0 saturated carbocycles. The summed E-state index contributed by atoms with van der Waals surface area (Å²) in [4.78, 5) is 14.0. The quantitative estimate of drug-likeness (QED) is 0.306. The van der Waals surface area contributed by atoms with Crippen molar-refractivity contribution in [2.24, 2.45) is 17.8 Å². The number of ether oxygens (including phenoxy) is 4. The number of esters is 1. The molecule has 4 aliphatic heterocycles. The minimum absolute atomic E-state index is 0.0922. The maximum absolute atomic E-state index is 14.0. The van der Waals surface area contributed by atoms with E-state index in [1.54, 1.807) is 19.1 Å². The van der Waals surface area contributed by atoms with Crippen LogP contribution in [0.1, 0.15) is 73.6 Å². The van der Waals surface area contributed by atoms with Gasteiger partial charge in [-0.3, -0.25) is 4.79 Å². The van der Waals surface area contributed by atoms with E-state index in [0.717, 1.165) is 12.0 Å². The van der Waals surface area contributed by atoms with Crippen molar-refractivity contribution in [3.63, 3.8) is 0 Å². The fourth-order valence-electron chi connectivity index (χ4n) is 7.43. The van der Waals surface area contributed by atoms with Crippen LogP contribution < -0.4 is 0 Å². The van der Waals surface area contributed by atoms with Gasteiger partial charge in [0.15, 0.2) is 5.79 Å². The Morgan fingerprint density at radius 2 is 1.88 bits per heavy atom. The Hall–Kier alpha value is -2.07. The van der Waals surface area contributed by atoms with Crippen LogP contribution in [-0.2, 0) is 23.7 Å². The highest BCUT2D eigenvalue weighted by Crippen LogP contribution is 2.47. The van der Waals surface area contributed by atoms with E-state index in [2.05, 4.69) is 32.9 Å². The summed E-state index contributed by atoms with van der Waals surface area (Å²) in [5.41, 5.74) is 1.62. The Kier molecular flexibility index (Phi) is 9.06. The third kappa shape index (κ3) is 5.74. The van der Waals surface area contributed by atoms with E-state index in [1.165, 1.54) is 5.57 Å². The van der Waals surface area contributed by atoms with Crippen LogP contribution in [0.15, 0.2) is 58.7 Å². The summed E-state index contributed by atoms with van der Waals surface area (Å²) in [5, 5.41) is 34.4. The van der Waals surface area contributed by atoms with Gasteiger partial charge in [-0.15, -0.1) is 0 Å². The average Bonchev–Trinajstić information content (AvgIpc) is 3.27.